The van der Waals surface area contributed by atoms with Crippen molar-refractivity contribution in [2.75, 3.05) is 26.3 Å². The predicted octanol–water partition coefficient (Wildman–Crippen LogP) is 1.08. The molecule has 0 radical (unpaired) electrons. The third kappa shape index (κ3) is 3.21. The van der Waals surface area contributed by atoms with Gasteiger partial charge in [0.05, 0.1) is 30.8 Å². The summed E-state index contributed by atoms with van der Waals surface area (Å²) in [6, 6.07) is 3.61. The number of aromatic nitrogens is 3. The Labute approximate surface area is 143 Å². The first-order valence-electron chi connectivity index (χ1n) is 7.61. The molecule has 8 nitrogen and oxygen atoms in total. The van der Waals surface area contributed by atoms with Crippen LogP contribution in [0.25, 0.3) is 5.69 Å². The summed E-state index contributed by atoms with van der Waals surface area (Å²) in [6.07, 6.45) is 1.50. The monoisotopic (exact) mass is 351 g/mol. The average Bonchev–Trinajstić information content (AvgIpc) is 2.93. The standard InChI is InChI=1S/C15H18ClN5O3/c1-2-23-15-12(16)13(14(17)22)21(20-15)9-3-4-10(19-7-9)11-8-18-5-6-24-11/h3-4,7,11,18H,2,5-6,8H2,1H3,(H2,17,22). The minimum absolute atomic E-state index is 0.0604. The SMILES string of the molecule is CCOc1nn(-c2ccc(C3CNCCO3)nc2)c(C(N)=O)c1Cl. The van der Waals surface area contributed by atoms with Crippen molar-refractivity contribution in [1.29, 1.82) is 0 Å². The van der Waals surface area contributed by atoms with Crippen molar-refractivity contribution in [3.8, 4) is 11.6 Å². The lowest BCUT2D eigenvalue weighted by Crippen LogP contribution is -2.33. The van der Waals surface area contributed by atoms with Gasteiger partial charge in [-0.25, -0.2) is 4.68 Å². The molecule has 2 aromatic heterocycles. The molecular weight excluding hydrogens is 334 g/mol. The van der Waals surface area contributed by atoms with Crippen molar-refractivity contribution < 1.29 is 14.3 Å². The molecule has 1 aliphatic heterocycles. The van der Waals surface area contributed by atoms with Crippen LogP contribution in [0.4, 0.5) is 0 Å². The number of carbonyl (C=O) groups is 1. The van der Waals surface area contributed by atoms with Crippen LogP contribution in [0, 0.1) is 0 Å². The molecule has 2 aromatic rings. The van der Waals surface area contributed by atoms with Gasteiger partial charge in [-0.3, -0.25) is 9.78 Å². The number of nitrogens with two attached hydrogens (primary N) is 1. The summed E-state index contributed by atoms with van der Waals surface area (Å²) in [5.74, 6) is -0.529. The molecule has 1 amide bonds. The van der Waals surface area contributed by atoms with Gasteiger partial charge in [-0.2, -0.15) is 0 Å². The molecule has 9 heteroatoms. The zero-order valence-electron chi connectivity index (χ0n) is 13.2. The van der Waals surface area contributed by atoms with Gasteiger partial charge in [-0.1, -0.05) is 11.6 Å². The molecule has 0 spiro atoms. The van der Waals surface area contributed by atoms with Crippen LogP contribution < -0.4 is 15.8 Å². The molecule has 128 valence electrons. The van der Waals surface area contributed by atoms with Crippen LogP contribution in [0.1, 0.15) is 29.2 Å². The van der Waals surface area contributed by atoms with Gasteiger partial charge in [0.2, 0.25) is 0 Å². The molecule has 0 aromatic carbocycles. The lowest BCUT2D eigenvalue weighted by Gasteiger charge is -2.23. The molecule has 0 saturated carbocycles. The van der Waals surface area contributed by atoms with E-state index in [1.807, 2.05) is 6.07 Å². The predicted molar refractivity (Wildman–Crippen MR) is 87.6 cm³/mol. The summed E-state index contributed by atoms with van der Waals surface area (Å²) in [5.41, 5.74) is 6.84. The molecule has 24 heavy (non-hydrogen) atoms. The van der Waals surface area contributed by atoms with Gasteiger partial charge in [0, 0.05) is 13.1 Å². The second-order valence-electron chi connectivity index (χ2n) is 5.18. The van der Waals surface area contributed by atoms with Crippen LogP contribution in [0.2, 0.25) is 5.02 Å². The summed E-state index contributed by atoms with van der Waals surface area (Å²) in [4.78, 5) is 16.1. The summed E-state index contributed by atoms with van der Waals surface area (Å²) in [7, 11) is 0. The molecule has 1 saturated heterocycles. The first kappa shape index (κ1) is 16.7. The van der Waals surface area contributed by atoms with Gasteiger partial charge in [-0.05, 0) is 19.1 Å². The van der Waals surface area contributed by atoms with E-state index in [4.69, 9.17) is 26.8 Å². The lowest BCUT2D eigenvalue weighted by molar-refractivity contribution is 0.0250. The lowest BCUT2D eigenvalue weighted by atomic mass is 10.2. The zero-order chi connectivity index (χ0) is 17.1. The number of ether oxygens (including phenoxy) is 2. The fourth-order valence-electron chi connectivity index (χ4n) is 2.48. The molecule has 3 heterocycles. The summed E-state index contributed by atoms with van der Waals surface area (Å²) in [5, 5.41) is 7.55. The number of amides is 1. The molecule has 3 N–H and O–H groups in total. The highest BCUT2D eigenvalue weighted by Crippen LogP contribution is 2.29. The van der Waals surface area contributed by atoms with Gasteiger partial charge in [0.25, 0.3) is 11.8 Å². The first-order valence-corrected chi connectivity index (χ1v) is 7.99. The van der Waals surface area contributed by atoms with Gasteiger partial charge in [0.15, 0.2) is 5.69 Å². The third-order valence-electron chi connectivity index (χ3n) is 3.59. The van der Waals surface area contributed by atoms with Crippen molar-refractivity contribution in [1.82, 2.24) is 20.1 Å². The van der Waals surface area contributed by atoms with E-state index in [0.29, 0.717) is 25.4 Å². The topological polar surface area (TPSA) is 104 Å². The normalized spacial score (nSPS) is 17.7. The highest BCUT2D eigenvalue weighted by atomic mass is 35.5. The summed E-state index contributed by atoms with van der Waals surface area (Å²) in [6.45, 7) is 4.36. The van der Waals surface area contributed by atoms with Gasteiger partial charge in [0.1, 0.15) is 11.1 Å². The number of primary amides is 1. The Morgan fingerprint density at radius 2 is 2.42 bits per heavy atom. The van der Waals surface area contributed by atoms with E-state index in [-0.39, 0.29) is 22.7 Å². The van der Waals surface area contributed by atoms with Crippen molar-refractivity contribution in [2.45, 2.75) is 13.0 Å². The Kier molecular flexibility index (Phi) is 4.98. The van der Waals surface area contributed by atoms with Crippen LogP contribution in [-0.2, 0) is 4.74 Å². The minimum atomic E-state index is -0.692. The van der Waals surface area contributed by atoms with E-state index in [0.717, 1.165) is 12.2 Å². The van der Waals surface area contributed by atoms with Crippen molar-refractivity contribution in [3.63, 3.8) is 0 Å². The number of hydrogen-bond acceptors (Lipinski definition) is 6. The number of pyridine rings is 1. The van der Waals surface area contributed by atoms with Gasteiger partial charge >= 0.3 is 0 Å². The van der Waals surface area contributed by atoms with E-state index in [2.05, 4.69) is 15.4 Å². The number of rotatable bonds is 5. The van der Waals surface area contributed by atoms with Crippen LogP contribution in [0.3, 0.4) is 0 Å². The quantitative estimate of drug-likeness (QED) is 0.835. The number of nitrogens with zero attached hydrogens (tertiary/aromatic N) is 3. The molecule has 1 atom stereocenters. The Bertz CT molecular complexity index is 725. The van der Waals surface area contributed by atoms with Crippen molar-refractivity contribution in [3.05, 3.63) is 34.7 Å². The molecular formula is C15H18ClN5O3. The summed E-state index contributed by atoms with van der Waals surface area (Å²) >= 11 is 6.15. The van der Waals surface area contributed by atoms with Gasteiger partial charge < -0.3 is 20.5 Å². The van der Waals surface area contributed by atoms with Crippen LogP contribution >= 0.6 is 11.6 Å². The van der Waals surface area contributed by atoms with E-state index in [1.54, 1.807) is 19.2 Å². The Morgan fingerprint density at radius 3 is 3.00 bits per heavy atom. The Balaban J connectivity index is 1.93. The Morgan fingerprint density at radius 1 is 1.58 bits per heavy atom. The van der Waals surface area contributed by atoms with Crippen LogP contribution in [0.15, 0.2) is 18.3 Å². The smallest absolute Gasteiger partial charge is 0.269 e. The largest absolute Gasteiger partial charge is 0.476 e. The highest BCUT2D eigenvalue weighted by molar-refractivity contribution is 6.34. The number of nitrogens with one attached hydrogen (secondary N) is 1. The second-order valence-corrected chi connectivity index (χ2v) is 5.56. The second kappa shape index (κ2) is 7.16. The van der Waals surface area contributed by atoms with Gasteiger partial charge in [-0.15, -0.1) is 5.10 Å². The molecule has 3 rings (SSSR count). The van der Waals surface area contributed by atoms with Crippen molar-refractivity contribution >= 4 is 17.5 Å². The maximum atomic E-state index is 11.7. The molecule has 0 bridgehead atoms. The molecule has 1 fully saturated rings. The van der Waals surface area contributed by atoms with E-state index in [9.17, 15) is 4.79 Å². The summed E-state index contributed by atoms with van der Waals surface area (Å²) < 4.78 is 12.3. The van der Waals surface area contributed by atoms with Crippen molar-refractivity contribution in [2.24, 2.45) is 5.73 Å². The fraction of sp³-hybridized carbons (Fsp3) is 0.400. The van der Waals surface area contributed by atoms with Crippen LogP contribution in [0.5, 0.6) is 5.88 Å². The first-order chi connectivity index (χ1) is 11.6. The number of carbonyl (C=O) groups excluding carboxylic acids is 1. The molecule has 1 unspecified atom stereocenters. The fourth-order valence-corrected chi connectivity index (χ4v) is 2.74. The molecule has 0 aliphatic carbocycles. The van der Waals surface area contributed by atoms with E-state index in [1.165, 1.54) is 4.68 Å². The maximum Gasteiger partial charge on any atom is 0.269 e. The Hall–Kier alpha value is -2.16. The van der Waals surface area contributed by atoms with Crippen LogP contribution in [-0.4, -0.2) is 47.0 Å². The average molecular weight is 352 g/mol. The minimum Gasteiger partial charge on any atom is -0.476 e. The number of halogens is 1. The zero-order valence-corrected chi connectivity index (χ0v) is 13.9. The maximum absolute atomic E-state index is 11.7. The number of morpholine rings is 1. The highest BCUT2D eigenvalue weighted by Gasteiger charge is 2.23. The molecule has 1 aliphatic rings. The van der Waals surface area contributed by atoms with E-state index >= 15 is 0 Å². The third-order valence-corrected chi connectivity index (χ3v) is 3.93. The number of hydrogen-bond donors (Lipinski definition) is 2. The van der Waals surface area contributed by atoms with E-state index < -0.39 is 5.91 Å².